The number of H-pyrrole nitrogens is 2. The number of hydrogen-bond acceptors (Lipinski definition) is 9. The Morgan fingerprint density at radius 1 is 0.897 bits per heavy atom. The summed E-state index contributed by atoms with van der Waals surface area (Å²) in [6.45, 7) is 2.41. The van der Waals surface area contributed by atoms with E-state index in [0.29, 0.717) is 49.8 Å². The third kappa shape index (κ3) is 8.43. The predicted molar refractivity (Wildman–Crippen MR) is 213 cm³/mol. The summed E-state index contributed by atoms with van der Waals surface area (Å²) in [4.78, 5) is 70.6. The number of aromatic nitrogens is 4. The normalized spacial score (nSPS) is 23.3. The number of carboxylic acid groups (broad SMARTS) is 1. The van der Waals surface area contributed by atoms with E-state index in [1.807, 2.05) is 62.4 Å². The average molecular weight is 803 g/mol. The molecule has 3 aliphatic heterocycles. The van der Waals surface area contributed by atoms with Crippen LogP contribution in [0.1, 0.15) is 83.9 Å². The molecule has 4 aromatic rings. The van der Waals surface area contributed by atoms with Crippen LogP contribution in [0.25, 0.3) is 33.6 Å². The van der Waals surface area contributed by atoms with Gasteiger partial charge in [0.05, 0.1) is 64.1 Å². The van der Waals surface area contributed by atoms with Crippen LogP contribution in [0.4, 0.5) is 9.59 Å². The number of aromatic amines is 2. The van der Waals surface area contributed by atoms with Crippen LogP contribution < -0.4 is 10.6 Å². The van der Waals surface area contributed by atoms with Crippen LogP contribution in [0.3, 0.4) is 0 Å². The molecule has 7 rings (SSSR count). The number of benzene rings is 2. The fourth-order valence-corrected chi connectivity index (χ4v) is 7.83. The minimum atomic E-state index is -3.32. The molecule has 4 amide bonds. The summed E-state index contributed by atoms with van der Waals surface area (Å²) in [5.41, 5.74) is 4.83. The van der Waals surface area contributed by atoms with E-state index < -0.39 is 66.1 Å². The van der Waals surface area contributed by atoms with Crippen LogP contribution in [0.2, 0.25) is 1.41 Å². The number of nitrogens with one attached hydrogen (secondary N) is 4. The van der Waals surface area contributed by atoms with E-state index in [0.717, 1.165) is 46.2 Å². The molecule has 5 atom stereocenters. The van der Waals surface area contributed by atoms with Crippen LogP contribution in [0.5, 0.6) is 0 Å². The van der Waals surface area contributed by atoms with E-state index in [9.17, 15) is 24.3 Å². The maximum absolute atomic E-state index is 14.0. The number of ether oxygens (including phenoxy) is 3. The SMILES string of the molecule is [2H]N(C(=O)O)[C@]([2H])(C(=O)N1CCC[C@H]1c1ncc(-c2ccc(-c3ccc(-c4cnc([C@@H]5CC6(CN5C(=O)[C@@H](NC(=O)OC)C(C)C)OCCCO6)[nH]4)cc3)cc2)[nH]1)C([2H])(C)C([2H])([2H])[2H]. The number of imidazole rings is 2. The van der Waals surface area contributed by atoms with Gasteiger partial charge in [-0.05, 0) is 53.3 Å². The van der Waals surface area contributed by atoms with Crippen LogP contribution in [0.15, 0.2) is 60.9 Å². The van der Waals surface area contributed by atoms with E-state index >= 15 is 0 Å². The zero-order valence-electron chi connectivity index (χ0n) is 38.8. The van der Waals surface area contributed by atoms with Crippen molar-refractivity contribution < 1.29 is 46.8 Å². The van der Waals surface area contributed by atoms with Crippen molar-refractivity contribution in [3.8, 4) is 33.6 Å². The Kier molecular flexibility index (Phi) is 9.75. The fraction of sp³-hybridized carbons (Fsp3) is 0.476. The maximum atomic E-state index is 14.0. The fourth-order valence-electron chi connectivity index (χ4n) is 7.83. The molecule has 2 aromatic carbocycles. The first kappa shape index (κ1) is 33.3. The number of likely N-dealkylation sites (tertiary alicyclic amines) is 2. The Morgan fingerprint density at radius 2 is 1.47 bits per heavy atom. The zero-order chi connectivity index (χ0) is 46.4. The van der Waals surface area contributed by atoms with Gasteiger partial charge in [0, 0.05) is 18.4 Å². The van der Waals surface area contributed by atoms with Crippen molar-refractivity contribution in [2.45, 2.75) is 83.2 Å². The largest absolute Gasteiger partial charge is 0.465 e. The van der Waals surface area contributed by atoms with E-state index in [1.54, 1.807) is 17.3 Å². The smallest absolute Gasteiger partial charge is 0.407 e. The number of carbonyl (C=O) groups excluding carboxylic acids is 3. The third-order valence-corrected chi connectivity index (χ3v) is 10.8. The summed E-state index contributed by atoms with van der Waals surface area (Å²) < 4.78 is 65.8. The second-order valence-electron chi connectivity index (χ2n) is 15.0. The van der Waals surface area contributed by atoms with Crippen molar-refractivity contribution in [3.63, 3.8) is 0 Å². The van der Waals surface area contributed by atoms with Gasteiger partial charge in [-0.25, -0.2) is 19.6 Å². The first-order valence-corrected chi connectivity index (χ1v) is 19.3. The summed E-state index contributed by atoms with van der Waals surface area (Å²) in [7, 11) is 1.25. The highest BCUT2D eigenvalue weighted by atomic mass is 16.7. The van der Waals surface area contributed by atoms with Gasteiger partial charge in [-0.3, -0.25) is 9.59 Å². The molecule has 3 saturated heterocycles. The quantitative estimate of drug-likeness (QED) is 0.122. The molecule has 0 saturated carbocycles. The highest BCUT2D eigenvalue weighted by Crippen LogP contribution is 2.42. The molecule has 16 heteroatoms. The maximum Gasteiger partial charge on any atom is 0.407 e. The highest BCUT2D eigenvalue weighted by Gasteiger charge is 2.52. The molecule has 5 heterocycles. The molecule has 0 aliphatic carbocycles. The summed E-state index contributed by atoms with van der Waals surface area (Å²) in [5.74, 6) is -4.91. The standard InChI is InChI=1S/C42H52N8O8/c1-24(2)34(47-40(53)54)38(51)49-17-6-8-32(49)36-43-21-30(45-36)28-13-9-26(10-14-28)27-11-15-29(16-12-27)31-22-44-37(46-31)33-20-42(57-18-7-19-58-42)23-50(33)39(52)35(25(3)4)48-41(55)56-5/h9-16,21-22,24-25,32-35,47H,6-8,17-20,23H2,1-5H3,(H,43,45)(H,44,46)(H,48,55)(H,53,54)/t32-,33-,34-,35-/m0/s1/i1D3,24D,34D/hD/t24?,32-,33-,34-,35-. The van der Waals surface area contributed by atoms with Crippen molar-refractivity contribution in [2.24, 2.45) is 11.8 Å². The predicted octanol–water partition coefficient (Wildman–Crippen LogP) is 5.88. The summed E-state index contributed by atoms with van der Waals surface area (Å²) >= 11 is 0. The average Bonchev–Trinajstić information content (AvgIpc) is 4.11. The Bertz CT molecular complexity index is 2350. The Hall–Kier alpha value is -5.74. The summed E-state index contributed by atoms with van der Waals surface area (Å²) in [6, 6.07) is 10.1. The van der Waals surface area contributed by atoms with Gasteiger partial charge >= 0.3 is 12.2 Å². The minimum Gasteiger partial charge on any atom is -0.465 e. The van der Waals surface area contributed by atoms with E-state index in [2.05, 4.69) is 20.3 Å². The molecule has 308 valence electrons. The lowest BCUT2D eigenvalue weighted by molar-refractivity contribution is -0.257. The minimum absolute atomic E-state index is 0.0435. The Balaban J connectivity index is 1.06. The van der Waals surface area contributed by atoms with Gasteiger partial charge in [0.15, 0.2) is 7.20 Å². The number of carbonyl (C=O) groups is 4. The molecule has 16 nitrogen and oxygen atoms in total. The van der Waals surface area contributed by atoms with Gasteiger partial charge in [-0.2, -0.15) is 0 Å². The first-order valence-electron chi connectivity index (χ1n) is 22.2. The van der Waals surface area contributed by atoms with E-state index in [-0.39, 0.29) is 24.9 Å². The monoisotopic (exact) mass is 802 g/mol. The molecule has 1 unspecified atom stereocenters. The van der Waals surface area contributed by atoms with Gasteiger partial charge in [0.2, 0.25) is 11.8 Å². The molecule has 1 spiro atoms. The van der Waals surface area contributed by atoms with Gasteiger partial charge < -0.3 is 49.7 Å². The van der Waals surface area contributed by atoms with Crippen LogP contribution in [-0.2, 0) is 23.8 Å². The second-order valence-corrected chi connectivity index (χ2v) is 15.0. The molecular weight excluding hydrogens is 745 g/mol. The number of amides is 4. The van der Waals surface area contributed by atoms with Crippen molar-refractivity contribution in [2.75, 3.05) is 33.4 Å². The molecule has 0 radical (unpaired) electrons. The van der Waals surface area contributed by atoms with Gasteiger partial charge in [0.25, 0.3) is 0 Å². The lowest BCUT2D eigenvalue weighted by atomic mass is 10.0. The lowest BCUT2D eigenvalue weighted by Crippen LogP contribution is -2.52. The number of alkyl carbamates (subject to hydrolysis) is 1. The number of methoxy groups -OCH3 is 1. The number of rotatable bonds is 11. The Labute approximate surface area is 345 Å². The molecule has 3 fully saturated rings. The van der Waals surface area contributed by atoms with Gasteiger partial charge in [0.1, 0.15) is 23.7 Å². The summed E-state index contributed by atoms with van der Waals surface area (Å²) in [5, 5.41) is 11.8. The van der Waals surface area contributed by atoms with Crippen molar-refractivity contribution in [1.82, 2.24) is 40.4 Å². The topological polar surface area (TPSA) is 204 Å². The highest BCUT2D eigenvalue weighted by molar-refractivity contribution is 5.87. The molecule has 3 aliphatic rings. The van der Waals surface area contributed by atoms with Gasteiger partial charge in [-0.1, -0.05) is 76.2 Å². The second kappa shape index (κ2) is 17.0. The van der Waals surface area contributed by atoms with Crippen LogP contribution in [-0.4, -0.2) is 110 Å². The molecule has 2 aromatic heterocycles. The summed E-state index contributed by atoms with van der Waals surface area (Å²) in [6.07, 6.45) is 2.47. The van der Waals surface area contributed by atoms with E-state index in [1.165, 1.54) is 7.11 Å². The zero-order valence-corrected chi connectivity index (χ0v) is 32.8. The number of nitrogens with zero attached hydrogens (tertiary/aromatic N) is 4. The van der Waals surface area contributed by atoms with Gasteiger partial charge in [-0.15, -0.1) is 0 Å². The van der Waals surface area contributed by atoms with E-state index in [4.69, 9.17) is 27.5 Å². The van der Waals surface area contributed by atoms with Crippen LogP contribution >= 0.6 is 0 Å². The third-order valence-electron chi connectivity index (χ3n) is 10.8. The van der Waals surface area contributed by atoms with Crippen molar-refractivity contribution >= 4 is 24.0 Å². The van der Waals surface area contributed by atoms with Crippen molar-refractivity contribution in [1.29, 1.82) is 0 Å². The molecule has 0 bridgehead atoms. The number of hydrogen-bond donors (Lipinski definition) is 5. The Morgan fingerprint density at radius 3 is 2.00 bits per heavy atom. The molecule has 5 N–H and O–H groups in total. The first-order chi connectivity index (χ1) is 30.2. The molecule has 58 heavy (non-hydrogen) atoms. The molecular formula is C42H52N8O8. The lowest BCUT2D eigenvalue weighted by Gasteiger charge is -2.34. The van der Waals surface area contributed by atoms with Crippen molar-refractivity contribution in [3.05, 3.63) is 72.6 Å². The van der Waals surface area contributed by atoms with Crippen LogP contribution in [0, 0.1) is 11.8 Å².